The molecule has 0 saturated carbocycles. The van der Waals surface area contributed by atoms with Crippen molar-refractivity contribution in [2.24, 2.45) is 0 Å². The fourth-order valence-corrected chi connectivity index (χ4v) is 3.25. The molecule has 26 heavy (non-hydrogen) atoms. The van der Waals surface area contributed by atoms with E-state index in [1.54, 1.807) is 12.1 Å². The summed E-state index contributed by atoms with van der Waals surface area (Å²) >= 11 is 0. The number of nitrogens with zero attached hydrogens (tertiary/aromatic N) is 2. The molecule has 0 aliphatic rings. The maximum Gasteiger partial charge on any atom is 0.123 e. The van der Waals surface area contributed by atoms with Crippen LogP contribution in [0.4, 0.5) is 4.39 Å². The summed E-state index contributed by atoms with van der Waals surface area (Å²) in [5.41, 5.74) is 5.09. The van der Waals surface area contributed by atoms with Gasteiger partial charge < -0.3 is 4.57 Å². The van der Waals surface area contributed by atoms with E-state index < -0.39 is 0 Å². The van der Waals surface area contributed by atoms with E-state index in [2.05, 4.69) is 62.4 Å². The Morgan fingerprint density at radius 1 is 1.12 bits per heavy atom. The zero-order valence-corrected chi connectivity index (χ0v) is 17.0. The number of benzene rings is 1. The Kier molecular flexibility index (Phi) is 7.65. The Labute approximate surface area is 158 Å². The molecule has 1 aromatic carbocycles. The molecular weight excluding hydrogens is 323 g/mol. The predicted octanol–water partition coefficient (Wildman–Crippen LogP) is 6.31. The first kappa shape index (κ1) is 20.4. The molecule has 0 N–H and O–H groups in total. The van der Waals surface area contributed by atoms with Gasteiger partial charge in [0.15, 0.2) is 0 Å². The molecule has 0 bridgehead atoms. The zero-order valence-electron chi connectivity index (χ0n) is 17.0. The van der Waals surface area contributed by atoms with E-state index in [1.165, 1.54) is 16.7 Å². The second kappa shape index (κ2) is 9.72. The fourth-order valence-electron chi connectivity index (χ4n) is 3.25. The Bertz CT molecular complexity index is 775. The standard InChI is InChI=1S/C23H33FN2/c1-6-25(7-2)16-20-17-26(23-12-11-21(24)15-22(20)23)14-13-19(5)10-8-9-18(3)4/h9,11-13,15,17H,6-8,10,14,16H2,1-5H3. The average molecular weight is 357 g/mol. The SMILES string of the molecule is CCN(CC)Cc1cn(CC=C(C)CCC=C(C)C)c2ccc(F)cc12. The van der Waals surface area contributed by atoms with E-state index in [0.717, 1.165) is 49.9 Å². The van der Waals surface area contributed by atoms with E-state index in [-0.39, 0.29) is 5.82 Å². The quantitative estimate of drug-likeness (QED) is 0.478. The minimum absolute atomic E-state index is 0.163. The van der Waals surface area contributed by atoms with Crippen LogP contribution in [-0.2, 0) is 13.1 Å². The van der Waals surface area contributed by atoms with Gasteiger partial charge in [-0.05, 0) is 70.5 Å². The minimum Gasteiger partial charge on any atom is -0.343 e. The van der Waals surface area contributed by atoms with Gasteiger partial charge in [-0.15, -0.1) is 0 Å². The number of fused-ring (bicyclic) bond motifs is 1. The van der Waals surface area contributed by atoms with Gasteiger partial charge in [0, 0.05) is 30.2 Å². The van der Waals surface area contributed by atoms with Gasteiger partial charge in [0.2, 0.25) is 0 Å². The van der Waals surface area contributed by atoms with Crippen molar-refractivity contribution in [3.05, 3.63) is 59.1 Å². The number of hydrogen-bond acceptors (Lipinski definition) is 1. The van der Waals surface area contributed by atoms with Crippen molar-refractivity contribution >= 4 is 10.9 Å². The Morgan fingerprint density at radius 3 is 2.50 bits per heavy atom. The maximum atomic E-state index is 13.8. The Morgan fingerprint density at radius 2 is 1.85 bits per heavy atom. The molecule has 0 saturated heterocycles. The normalized spacial score (nSPS) is 12.2. The third kappa shape index (κ3) is 5.57. The van der Waals surface area contributed by atoms with E-state index in [9.17, 15) is 4.39 Å². The molecule has 1 heterocycles. The van der Waals surface area contributed by atoms with Gasteiger partial charge in [0.05, 0.1) is 0 Å². The second-order valence-electron chi connectivity index (χ2n) is 7.30. The summed E-state index contributed by atoms with van der Waals surface area (Å²) in [4.78, 5) is 2.37. The van der Waals surface area contributed by atoms with E-state index in [1.807, 2.05) is 6.07 Å². The fraction of sp³-hybridized carbons (Fsp3) is 0.478. The second-order valence-corrected chi connectivity index (χ2v) is 7.30. The summed E-state index contributed by atoms with van der Waals surface area (Å²) < 4.78 is 16.1. The lowest BCUT2D eigenvalue weighted by atomic mass is 10.1. The Hall–Kier alpha value is -1.87. The first-order valence-corrected chi connectivity index (χ1v) is 9.73. The number of aromatic nitrogens is 1. The summed E-state index contributed by atoms with van der Waals surface area (Å²) in [5, 5.41) is 1.03. The van der Waals surface area contributed by atoms with Crippen LogP contribution in [0.5, 0.6) is 0 Å². The van der Waals surface area contributed by atoms with Crippen molar-refractivity contribution in [3.63, 3.8) is 0 Å². The molecule has 2 nitrogen and oxygen atoms in total. The molecule has 2 aromatic rings. The van der Waals surface area contributed by atoms with E-state index >= 15 is 0 Å². The van der Waals surface area contributed by atoms with Crippen LogP contribution in [0.25, 0.3) is 10.9 Å². The monoisotopic (exact) mass is 356 g/mol. The number of allylic oxidation sites excluding steroid dienone is 4. The molecule has 3 heteroatoms. The topological polar surface area (TPSA) is 8.17 Å². The molecule has 1 aromatic heterocycles. The molecule has 0 unspecified atom stereocenters. The summed E-state index contributed by atoms with van der Waals surface area (Å²) in [6.45, 7) is 14.5. The van der Waals surface area contributed by atoms with Gasteiger partial charge in [0.25, 0.3) is 0 Å². The molecule has 142 valence electrons. The smallest absolute Gasteiger partial charge is 0.123 e. The molecule has 0 atom stereocenters. The third-order valence-corrected chi connectivity index (χ3v) is 4.94. The molecule has 0 radical (unpaired) electrons. The molecule has 0 fully saturated rings. The van der Waals surface area contributed by atoms with Crippen LogP contribution < -0.4 is 0 Å². The lowest BCUT2D eigenvalue weighted by molar-refractivity contribution is 0.296. The van der Waals surface area contributed by atoms with Gasteiger partial charge >= 0.3 is 0 Å². The molecule has 0 amide bonds. The highest BCUT2D eigenvalue weighted by atomic mass is 19.1. The molecule has 2 rings (SSSR count). The highest BCUT2D eigenvalue weighted by Gasteiger charge is 2.11. The summed E-state index contributed by atoms with van der Waals surface area (Å²) in [6, 6.07) is 5.14. The molecule has 0 aliphatic heterocycles. The van der Waals surface area contributed by atoms with Gasteiger partial charge in [-0.2, -0.15) is 0 Å². The van der Waals surface area contributed by atoms with Crippen LogP contribution in [0.2, 0.25) is 0 Å². The van der Waals surface area contributed by atoms with Crippen molar-refractivity contribution in [1.29, 1.82) is 0 Å². The number of hydrogen-bond donors (Lipinski definition) is 0. The van der Waals surface area contributed by atoms with Crippen molar-refractivity contribution in [2.75, 3.05) is 13.1 Å². The molecular formula is C23H33FN2. The molecule has 0 aliphatic carbocycles. The lowest BCUT2D eigenvalue weighted by Crippen LogP contribution is -2.21. The molecule has 0 spiro atoms. The van der Waals surface area contributed by atoms with E-state index in [0.29, 0.717) is 0 Å². The highest BCUT2D eigenvalue weighted by molar-refractivity contribution is 5.84. The van der Waals surface area contributed by atoms with Crippen LogP contribution in [0, 0.1) is 5.82 Å². The van der Waals surface area contributed by atoms with Gasteiger partial charge in [-0.1, -0.05) is 37.1 Å². The maximum absolute atomic E-state index is 13.8. The van der Waals surface area contributed by atoms with E-state index in [4.69, 9.17) is 0 Å². The predicted molar refractivity (Wildman–Crippen MR) is 111 cm³/mol. The van der Waals surface area contributed by atoms with Crippen molar-refractivity contribution in [1.82, 2.24) is 9.47 Å². The van der Waals surface area contributed by atoms with Crippen LogP contribution in [0.15, 0.2) is 47.7 Å². The highest BCUT2D eigenvalue weighted by Crippen LogP contribution is 2.24. The van der Waals surface area contributed by atoms with Crippen molar-refractivity contribution < 1.29 is 4.39 Å². The van der Waals surface area contributed by atoms with Gasteiger partial charge in [-0.25, -0.2) is 4.39 Å². The largest absolute Gasteiger partial charge is 0.343 e. The van der Waals surface area contributed by atoms with Crippen molar-refractivity contribution in [3.8, 4) is 0 Å². The number of halogens is 1. The summed E-state index contributed by atoms with van der Waals surface area (Å²) in [5.74, 6) is -0.163. The Balaban J connectivity index is 2.23. The van der Waals surface area contributed by atoms with Gasteiger partial charge in [0.1, 0.15) is 5.82 Å². The van der Waals surface area contributed by atoms with Crippen LogP contribution in [-0.4, -0.2) is 22.6 Å². The minimum atomic E-state index is -0.163. The zero-order chi connectivity index (χ0) is 19.1. The van der Waals surface area contributed by atoms with Crippen molar-refractivity contribution in [2.45, 2.75) is 60.5 Å². The number of rotatable bonds is 9. The van der Waals surface area contributed by atoms with Crippen LogP contribution in [0.3, 0.4) is 0 Å². The van der Waals surface area contributed by atoms with Crippen LogP contribution >= 0.6 is 0 Å². The third-order valence-electron chi connectivity index (χ3n) is 4.94. The summed E-state index contributed by atoms with van der Waals surface area (Å²) in [6.07, 6.45) is 8.96. The first-order chi connectivity index (χ1) is 12.4. The van der Waals surface area contributed by atoms with Crippen LogP contribution in [0.1, 0.15) is 53.0 Å². The summed E-state index contributed by atoms with van der Waals surface area (Å²) in [7, 11) is 0. The van der Waals surface area contributed by atoms with Gasteiger partial charge in [-0.3, -0.25) is 4.90 Å². The first-order valence-electron chi connectivity index (χ1n) is 9.73. The average Bonchev–Trinajstić information content (AvgIpc) is 2.94. The lowest BCUT2D eigenvalue weighted by Gasteiger charge is -2.17.